The maximum absolute atomic E-state index is 12.3. The largest absolute Gasteiger partial charge is 0.491 e. The van der Waals surface area contributed by atoms with E-state index in [-0.39, 0.29) is 12.5 Å². The Morgan fingerprint density at radius 3 is 2.50 bits per heavy atom. The van der Waals surface area contributed by atoms with Crippen molar-refractivity contribution in [3.05, 3.63) is 60.7 Å². The molecule has 2 aromatic carbocycles. The number of nitrogens with one attached hydrogen (secondary N) is 2. The summed E-state index contributed by atoms with van der Waals surface area (Å²) < 4.78 is 16.5. The van der Waals surface area contributed by atoms with Crippen molar-refractivity contribution in [3.8, 4) is 11.5 Å². The van der Waals surface area contributed by atoms with Gasteiger partial charge in [-0.05, 0) is 55.8 Å². The number of anilines is 2. The average molecular weight is 384 g/mol. The van der Waals surface area contributed by atoms with Gasteiger partial charge in [-0.25, -0.2) is 0 Å². The van der Waals surface area contributed by atoms with Crippen LogP contribution in [-0.4, -0.2) is 38.9 Å². The van der Waals surface area contributed by atoms with E-state index >= 15 is 0 Å². The summed E-state index contributed by atoms with van der Waals surface area (Å²) in [6, 6.07) is 14.8. The van der Waals surface area contributed by atoms with Crippen LogP contribution in [0.25, 0.3) is 0 Å². The van der Waals surface area contributed by atoms with Crippen molar-refractivity contribution in [2.45, 2.75) is 13.8 Å². The summed E-state index contributed by atoms with van der Waals surface area (Å²) in [6.45, 7) is 9.95. The Labute approximate surface area is 166 Å². The Bertz CT molecular complexity index is 759. The minimum atomic E-state index is -0.164. The van der Waals surface area contributed by atoms with Crippen LogP contribution < -0.4 is 20.1 Å². The molecule has 0 atom stereocenters. The Morgan fingerprint density at radius 2 is 1.79 bits per heavy atom. The number of benzene rings is 2. The third kappa shape index (κ3) is 7.72. The van der Waals surface area contributed by atoms with Gasteiger partial charge in [0.15, 0.2) is 0 Å². The fraction of sp³-hybridized carbons (Fsp3) is 0.318. The van der Waals surface area contributed by atoms with Crippen LogP contribution >= 0.6 is 0 Å². The van der Waals surface area contributed by atoms with Crippen molar-refractivity contribution in [2.75, 3.05) is 43.6 Å². The lowest BCUT2D eigenvalue weighted by molar-refractivity contribution is -0.114. The molecule has 2 aromatic rings. The first kappa shape index (κ1) is 21.3. The van der Waals surface area contributed by atoms with Crippen molar-refractivity contribution >= 4 is 17.3 Å². The van der Waals surface area contributed by atoms with Gasteiger partial charge in [0.05, 0.1) is 18.8 Å². The summed E-state index contributed by atoms with van der Waals surface area (Å²) in [7, 11) is 0. The minimum Gasteiger partial charge on any atom is -0.491 e. The predicted octanol–water partition coefficient (Wildman–Crippen LogP) is 4.11. The van der Waals surface area contributed by atoms with Crippen LogP contribution in [0.1, 0.15) is 13.8 Å². The number of carbonyl (C=O) groups is 1. The molecule has 1 amide bonds. The highest BCUT2D eigenvalue weighted by Gasteiger charge is 2.08. The fourth-order valence-electron chi connectivity index (χ4n) is 2.31. The maximum atomic E-state index is 12.3. The van der Waals surface area contributed by atoms with E-state index in [0.717, 1.165) is 17.0 Å². The molecule has 0 aliphatic rings. The molecule has 6 heteroatoms. The van der Waals surface area contributed by atoms with Gasteiger partial charge in [-0.1, -0.05) is 18.7 Å². The Morgan fingerprint density at radius 1 is 1.04 bits per heavy atom. The van der Waals surface area contributed by atoms with Crippen molar-refractivity contribution in [3.63, 3.8) is 0 Å². The van der Waals surface area contributed by atoms with E-state index in [2.05, 4.69) is 17.2 Å². The third-order valence-corrected chi connectivity index (χ3v) is 3.64. The molecule has 0 heterocycles. The summed E-state index contributed by atoms with van der Waals surface area (Å²) in [4.78, 5) is 12.3. The fourth-order valence-corrected chi connectivity index (χ4v) is 2.31. The van der Waals surface area contributed by atoms with Crippen LogP contribution in [0.15, 0.2) is 60.7 Å². The molecule has 0 spiro atoms. The second kappa shape index (κ2) is 11.7. The summed E-state index contributed by atoms with van der Waals surface area (Å²) >= 11 is 0. The van der Waals surface area contributed by atoms with Crippen LogP contribution in [0.5, 0.6) is 11.5 Å². The van der Waals surface area contributed by atoms with Gasteiger partial charge in [0.25, 0.3) is 0 Å². The van der Waals surface area contributed by atoms with Crippen molar-refractivity contribution in [1.82, 2.24) is 0 Å². The molecule has 6 nitrogen and oxygen atoms in total. The smallest absolute Gasteiger partial charge is 0.243 e. The molecular weight excluding hydrogens is 356 g/mol. The second-order valence-electron chi connectivity index (χ2n) is 6.21. The van der Waals surface area contributed by atoms with E-state index in [1.807, 2.05) is 56.3 Å². The van der Waals surface area contributed by atoms with Gasteiger partial charge in [0, 0.05) is 12.3 Å². The van der Waals surface area contributed by atoms with Crippen LogP contribution in [-0.2, 0) is 9.53 Å². The highest BCUT2D eigenvalue weighted by atomic mass is 16.5. The van der Waals surface area contributed by atoms with E-state index in [9.17, 15) is 4.79 Å². The lowest BCUT2D eigenvalue weighted by atomic mass is 10.2. The molecular formula is C22H28N2O4. The van der Waals surface area contributed by atoms with Crippen LogP contribution in [0, 0.1) is 0 Å². The zero-order chi connectivity index (χ0) is 20.2. The number of ether oxygens (including phenoxy) is 3. The maximum Gasteiger partial charge on any atom is 0.243 e. The SMILES string of the molecule is C=C(C)COc1ccccc1NC(=O)CNc1ccc(OCCOCC)cc1. The van der Waals surface area contributed by atoms with E-state index < -0.39 is 0 Å². The lowest BCUT2D eigenvalue weighted by Crippen LogP contribution is -2.22. The standard InChI is InChI=1S/C22H28N2O4/c1-4-26-13-14-27-19-11-9-18(10-12-19)23-15-22(25)24-20-7-5-6-8-21(20)28-16-17(2)3/h5-12,23H,2,4,13-16H2,1,3H3,(H,24,25). The first-order chi connectivity index (χ1) is 13.6. The molecule has 0 radical (unpaired) electrons. The number of carbonyl (C=O) groups excluding carboxylic acids is 1. The van der Waals surface area contributed by atoms with Crippen LogP contribution in [0.4, 0.5) is 11.4 Å². The van der Waals surface area contributed by atoms with Gasteiger partial charge in [0.2, 0.25) is 5.91 Å². The predicted molar refractivity (Wildman–Crippen MR) is 112 cm³/mol. The zero-order valence-corrected chi connectivity index (χ0v) is 16.5. The highest BCUT2D eigenvalue weighted by molar-refractivity contribution is 5.95. The first-order valence-corrected chi connectivity index (χ1v) is 9.29. The van der Waals surface area contributed by atoms with Crippen molar-refractivity contribution < 1.29 is 19.0 Å². The van der Waals surface area contributed by atoms with E-state index in [1.165, 1.54) is 0 Å². The van der Waals surface area contributed by atoms with Crippen LogP contribution in [0.3, 0.4) is 0 Å². The van der Waals surface area contributed by atoms with Gasteiger partial charge < -0.3 is 24.8 Å². The normalized spacial score (nSPS) is 10.2. The zero-order valence-electron chi connectivity index (χ0n) is 16.5. The summed E-state index contributed by atoms with van der Waals surface area (Å²) in [6.07, 6.45) is 0. The Balaban J connectivity index is 1.80. The molecule has 0 fully saturated rings. The third-order valence-electron chi connectivity index (χ3n) is 3.64. The van der Waals surface area contributed by atoms with Gasteiger partial charge in [-0.15, -0.1) is 0 Å². The molecule has 0 aliphatic heterocycles. The molecule has 2 rings (SSSR count). The molecule has 150 valence electrons. The molecule has 2 N–H and O–H groups in total. The summed E-state index contributed by atoms with van der Waals surface area (Å²) in [5.41, 5.74) is 2.38. The topological polar surface area (TPSA) is 68.8 Å². The Hall–Kier alpha value is -2.99. The van der Waals surface area contributed by atoms with Gasteiger partial charge in [-0.3, -0.25) is 4.79 Å². The molecule has 0 aliphatic carbocycles. The van der Waals surface area contributed by atoms with E-state index in [0.29, 0.717) is 37.9 Å². The molecule has 0 bridgehead atoms. The van der Waals surface area contributed by atoms with Gasteiger partial charge in [-0.2, -0.15) is 0 Å². The minimum absolute atomic E-state index is 0.138. The van der Waals surface area contributed by atoms with E-state index in [1.54, 1.807) is 6.07 Å². The van der Waals surface area contributed by atoms with Crippen LogP contribution in [0.2, 0.25) is 0 Å². The Kier molecular flexibility index (Phi) is 8.88. The quantitative estimate of drug-likeness (QED) is 0.426. The number of para-hydroxylation sites is 2. The lowest BCUT2D eigenvalue weighted by Gasteiger charge is -2.13. The number of amides is 1. The highest BCUT2D eigenvalue weighted by Crippen LogP contribution is 2.24. The summed E-state index contributed by atoms with van der Waals surface area (Å²) in [5.74, 6) is 1.22. The average Bonchev–Trinajstić information content (AvgIpc) is 2.70. The van der Waals surface area contributed by atoms with Crippen molar-refractivity contribution in [2.24, 2.45) is 0 Å². The molecule has 0 saturated carbocycles. The number of hydrogen-bond acceptors (Lipinski definition) is 5. The number of rotatable bonds is 12. The van der Waals surface area contributed by atoms with Gasteiger partial charge >= 0.3 is 0 Å². The number of hydrogen-bond donors (Lipinski definition) is 2. The summed E-state index contributed by atoms with van der Waals surface area (Å²) in [5, 5.41) is 5.95. The van der Waals surface area contributed by atoms with Crippen molar-refractivity contribution in [1.29, 1.82) is 0 Å². The molecule has 0 saturated heterocycles. The van der Waals surface area contributed by atoms with Gasteiger partial charge in [0.1, 0.15) is 24.7 Å². The molecule has 0 aromatic heterocycles. The first-order valence-electron chi connectivity index (χ1n) is 9.29. The monoisotopic (exact) mass is 384 g/mol. The van der Waals surface area contributed by atoms with E-state index in [4.69, 9.17) is 14.2 Å². The second-order valence-corrected chi connectivity index (χ2v) is 6.21. The molecule has 28 heavy (non-hydrogen) atoms. The molecule has 0 unspecified atom stereocenters.